The average molecular weight is 346 g/mol. The fourth-order valence-corrected chi connectivity index (χ4v) is 3.24. The van der Waals surface area contributed by atoms with E-state index in [4.69, 9.17) is 23.0 Å². The second-order valence-corrected chi connectivity index (χ2v) is 6.32. The second kappa shape index (κ2) is 7.90. The van der Waals surface area contributed by atoms with E-state index in [0.29, 0.717) is 0 Å². The van der Waals surface area contributed by atoms with Crippen LogP contribution < -0.4 is 4.74 Å². The molecule has 2 rings (SSSR count). The molecule has 3 atom stereocenters. The smallest absolute Gasteiger partial charge is 0.465 e. The van der Waals surface area contributed by atoms with Crippen molar-refractivity contribution in [2.75, 3.05) is 19.8 Å². The molecule has 8 nitrogen and oxygen atoms in total. The first kappa shape index (κ1) is 17.9. The molecule has 1 N–H and O–H groups in total. The number of phosphoric acid groups is 1. The fourth-order valence-electron chi connectivity index (χ4n) is 1.89. The maximum absolute atomic E-state index is 12.1. The Kier molecular flexibility index (Phi) is 6.15. The van der Waals surface area contributed by atoms with E-state index in [1.165, 1.54) is 13.0 Å². The molecule has 23 heavy (non-hydrogen) atoms. The van der Waals surface area contributed by atoms with Crippen molar-refractivity contribution in [3.8, 4) is 5.75 Å². The van der Waals surface area contributed by atoms with Crippen LogP contribution in [0.1, 0.15) is 24.2 Å². The summed E-state index contributed by atoms with van der Waals surface area (Å²) in [6, 6.07) is 6.36. The van der Waals surface area contributed by atoms with Gasteiger partial charge in [-0.25, -0.2) is 9.36 Å². The van der Waals surface area contributed by atoms with Crippen molar-refractivity contribution in [1.82, 2.24) is 0 Å². The molecule has 0 amide bonds. The molecule has 9 heteroatoms. The van der Waals surface area contributed by atoms with E-state index in [9.17, 15) is 14.5 Å². The molecule has 0 radical (unpaired) electrons. The van der Waals surface area contributed by atoms with Gasteiger partial charge in [0.1, 0.15) is 24.0 Å². The molecular formula is C14H19O8P. The number of benzene rings is 1. The highest BCUT2D eigenvalue weighted by atomic mass is 31.2. The third-order valence-electron chi connectivity index (χ3n) is 2.79. The van der Waals surface area contributed by atoms with E-state index in [2.05, 4.69) is 0 Å². The maximum Gasteiger partial charge on any atom is 0.475 e. The van der Waals surface area contributed by atoms with Crippen molar-refractivity contribution < 1.29 is 37.5 Å². The van der Waals surface area contributed by atoms with E-state index in [0.717, 1.165) is 0 Å². The van der Waals surface area contributed by atoms with Crippen molar-refractivity contribution in [3.63, 3.8) is 0 Å². The summed E-state index contributed by atoms with van der Waals surface area (Å²) in [5, 5.41) is 9.27. The van der Waals surface area contributed by atoms with Crippen molar-refractivity contribution >= 4 is 13.8 Å². The molecule has 1 heterocycles. The Morgan fingerprint density at radius 3 is 2.91 bits per heavy atom. The van der Waals surface area contributed by atoms with Crippen molar-refractivity contribution in [2.45, 2.75) is 26.2 Å². The minimum absolute atomic E-state index is 0.0103. The van der Waals surface area contributed by atoms with Gasteiger partial charge < -0.3 is 14.6 Å². The van der Waals surface area contributed by atoms with E-state index in [1.54, 1.807) is 25.1 Å². The number of phosphoric ester groups is 1. The first-order valence-electron chi connectivity index (χ1n) is 7.12. The van der Waals surface area contributed by atoms with Gasteiger partial charge in [0, 0.05) is 0 Å². The van der Waals surface area contributed by atoms with Gasteiger partial charge in [-0.1, -0.05) is 12.1 Å². The Morgan fingerprint density at radius 1 is 1.48 bits per heavy atom. The number of ether oxygens (including phenoxy) is 2. The molecule has 1 aromatic rings. The first-order valence-corrected chi connectivity index (χ1v) is 8.58. The van der Waals surface area contributed by atoms with Crippen LogP contribution >= 0.6 is 7.82 Å². The summed E-state index contributed by atoms with van der Waals surface area (Å²) in [6.45, 7) is 3.15. The van der Waals surface area contributed by atoms with Crippen LogP contribution in [0.25, 0.3) is 0 Å². The molecule has 3 unspecified atom stereocenters. The minimum atomic E-state index is -3.54. The zero-order valence-electron chi connectivity index (χ0n) is 12.8. The Balaban J connectivity index is 1.92. The summed E-state index contributed by atoms with van der Waals surface area (Å²) < 4.78 is 37.1. The molecule has 128 valence electrons. The van der Waals surface area contributed by atoms with Gasteiger partial charge in [-0.2, -0.15) is 0 Å². The molecule has 1 aliphatic heterocycles. The van der Waals surface area contributed by atoms with Gasteiger partial charge >= 0.3 is 13.8 Å². The lowest BCUT2D eigenvalue weighted by Gasteiger charge is -2.14. The van der Waals surface area contributed by atoms with Gasteiger partial charge in [-0.3, -0.25) is 13.6 Å². The Hall–Kier alpha value is -1.44. The molecule has 1 fully saturated rings. The lowest BCUT2D eigenvalue weighted by atomic mass is 10.2. The van der Waals surface area contributed by atoms with E-state index in [1.807, 2.05) is 0 Å². The lowest BCUT2D eigenvalue weighted by Crippen LogP contribution is -2.21. The van der Waals surface area contributed by atoms with Gasteiger partial charge in [-0.15, -0.1) is 0 Å². The van der Waals surface area contributed by atoms with Gasteiger partial charge in [0.15, 0.2) is 6.29 Å². The quantitative estimate of drug-likeness (QED) is 0.455. The molecule has 1 saturated heterocycles. The number of para-hydroxylation sites is 1. The summed E-state index contributed by atoms with van der Waals surface area (Å²) in [5.41, 5.74) is 0.167. The van der Waals surface area contributed by atoms with Crippen LogP contribution in [-0.2, 0) is 22.9 Å². The highest BCUT2D eigenvalue weighted by Gasteiger charge is 2.39. The first-order chi connectivity index (χ1) is 10.9. The van der Waals surface area contributed by atoms with Crippen LogP contribution in [0, 0.1) is 0 Å². The van der Waals surface area contributed by atoms with Crippen molar-refractivity contribution in [1.29, 1.82) is 0 Å². The number of hydrogen-bond acceptors (Lipinski definition) is 8. The number of rotatable bonds is 7. The Morgan fingerprint density at radius 2 is 2.22 bits per heavy atom. The molecular weight excluding hydrogens is 327 g/mol. The van der Waals surface area contributed by atoms with Crippen LogP contribution in [-0.4, -0.2) is 43.3 Å². The van der Waals surface area contributed by atoms with Crippen LogP contribution in [0.2, 0.25) is 0 Å². The molecule has 1 aliphatic rings. The van der Waals surface area contributed by atoms with Crippen LogP contribution in [0.5, 0.6) is 5.75 Å². The average Bonchev–Trinajstić information content (AvgIpc) is 2.86. The number of aliphatic hydroxyl groups is 1. The number of esters is 1. The largest absolute Gasteiger partial charge is 0.475 e. The third kappa shape index (κ3) is 5.02. The van der Waals surface area contributed by atoms with Gasteiger partial charge in [0.05, 0.1) is 13.2 Å². The SMILES string of the molecule is CCOP1(=O)OCC(COC(=O)c2ccccc2OC(C)O)O1. The number of carbonyl (C=O) groups is 1. The monoisotopic (exact) mass is 346 g/mol. The van der Waals surface area contributed by atoms with Crippen molar-refractivity contribution in [3.05, 3.63) is 29.8 Å². The number of carbonyl (C=O) groups excluding carboxylic acids is 1. The zero-order valence-corrected chi connectivity index (χ0v) is 13.7. The third-order valence-corrected chi connectivity index (χ3v) is 4.38. The Labute approximate surface area is 133 Å². The summed E-state index contributed by atoms with van der Waals surface area (Å²) in [6.07, 6.45) is -1.73. The molecule has 0 aliphatic carbocycles. The van der Waals surface area contributed by atoms with Crippen LogP contribution in [0.15, 0.2) is 24.3 Å². The van der Waals surface area contributed by atoms with E-state index < -0.39 is 26.2 Å². The molecule has 0 saturated carbocycles. The second-order valence-electron chi connectivity index (χ2n) is 4.70. The molecule has 0 bridgehead atoms. The van der Waals surface area contributed by atoms with Gasteiger partial charge in [-0.05, 0) is 26.0 Å². The molecule has 0 aromatic heterocycles. The highest BCUT2D eigenvalue weighted by molar-refractivity contribution is 7.48. The zero-order chi connectivity index (χ0) is 16.9. The lowest BCUT2D eigenvalue weighted by molar-refractivity contribution is -0.00213. The highest BCUT2D eigenvalue weighted by Crippen LogP contribution is 2.54. The fraction of sp³-hybridized carbons (Fsp3) is 0.500. The number of aliphatic hydroxyl groups excluding tert-OH is 1. The molecule has 0 spiro atoms. The van der Waals surface area contributed by atoms with Gasteiger partial charge in [0.2, 0.25) is 0 Å². The topological polar surface area (TPSA) is 101 Å². The van der Waals surface area contributed by atoms with Crippen molar-refractivity contribution in [2.24, 2.45) is 0 Å². The van der Waals surface area contributed by atoms with E-state index in [-0.39, 0.29) is 31.1 Å². The van der Waals surface area contributed by atoms with Crippen LogP contribution in [0.3, 0.4) is 0 Å². The normalized spacial score (nSPS) is 25.1. The predicted octanol–water partition coefficient (Wildman–Crippen LogP) is 2.12. The summed E-state index contributed by atoms with van der Waals surface area (Å²) in [7, 11) is -3.54. The van der Waals surface area contributed by atoms with E-state index >= 15 is 0 Å². The summed E-state index contributed by atoms with van der Waals surface area (Å²) >= 11 is 0. The van der Waals surface area contributed by atoms with Crippen LogP contribution in [0.4, 0.5) is 0 Å². The molecule has 1 aromatic carbocycles. The summed E-state index contributed by atoms with van der Waals surface area (Å²) in [5.74, 6) is -0.445. The predicted molar refractivity (Wildman–Crippen MR) is 79.1 cm³/mol. The Bertz CT molecular complexity index is 588. The maximum atomic E-state index is 12.1. The minimum Gasteiger partial charge on any atom is -0.465 e. The summed E-state index contributed by atoms with van der Waals surface area (Å²) in [4.78, 5) is 12.1. The standard InChI is InChI=1S/C14H19O8P/c1-3-19-23(17)20-9-11(22-23)8-18-14(16)12-6-4-5-7-13(12)21-10(2)15/h4-7,10-11,15H,3,8-9H2,1-2H3. The van der Waals surface area contributed by atoms with Gasteiger partial charge in [0.25, 0.3) is 0 Å². The number of hydrogen-bond donors (Lipinski definition) is 1.